The molecule has 4 heterocycles. The predicted molar refractivity (Wildman–Crippen MR) is 92.3 cm³/mol. The van der Waals surface area contributed by atoms with Crippen LogP contribution in [0.25, 0.3) is 11.4 Å². The predicted octanol–water partition coefficient (Wildman–Crippen LogP) is 0.992. The largest absolute Gasteiger partial charge is 0.465 e. The van der Waals surface area contributed by atoms with Crippen molar-refractivity contribution < 1.29 is 9.21 Å². The quantitative estimate of drug-likeness (QED) is 0.540. The Labute approximate surface area is 149 Å². The first-order valence-corrected chi connectivity index (χ1v) is 8.36. The number of hydrogen-bond donors (Lipinski definition) is 4. The topological polar surface area (TPSA) is 121 Å². The van der Waals surface area contributed by atoms with Gasteiger partial charge in [-0.25, -0.2) is 15.8 Å². The normalized spacial score (nSPS) is 19.6. The van der Waals surface area contributed by atoms with Crippen molar-refractivity contribution >= 4 is 5.91 Å². The van der Waals surface area contributed by atoms with Crippen LogP contribution in [0.2, 0.25) is 0 Å². The molecule has 4 N–H and O–H groups in total. The van der Waals surface area contributed by atoms with Crippen molar-refractivity contribution in [2.45, 2.75) is 32.0 Å². The SMILES string of the molecule is Cc1ccc(C2CC(C(=O)NCc3nc(-c4ccncc4)n[nH]3)NN2)o1. The van der Waals surface area contributed by atoms with E-state index in [2.05, 4.69) is 36.3 Å². The smallest absolute Gasteiger partial charge is 0.238 e. The molecule has 0 aromatic carbocycles. The average Bonchev–Trinajstić information content (AvgIpc) is 3.40. The number of pyridine rings is 1. The molecule has 2 unspecified atom stereocenters. The van der Waals surface area contributed by atoms with E-state index in [1.54, 1.807) is 12.4 Å². The number of aromatic amines is 1. The summed E-state index contributed by atoms with van der Waals surface area (Å²) in [6.45, 7) is 2.17. The number of H-pyrrole nitrogens is 1. The number of aryl methyl sites for hydroxylation is 1. The lowest BCUT2D eigenvalue weighted by Gasteiger charge is -2.09. The van der Waals surface area contributed by atoms with Crippen molar-refractivity contribution in [2.24, 2.45) is 0 Å². The fourth-order valence-corrected chi connectivity index (χ4v) is 2.85. The Hall–Kier alpha value is -3.04. The maximum Gasteiger partial charge on any atom is 0.238 e. The molecule has 2 atom stereocenters. The van der Waals surface area contributed by atoms with Crippen LogP contribution >= 0.6 is 0 Å². The molecular weight excluding hydrogens is 334 g/mol. The zero-order valence-corrected chi connectivity index (χ0v) is 14.2. The third kappa shape index (κ3) is 3.48. The molecular formula is C17H19N7O2. The Morgan fingerprint density at radius 2 is 2.12 bits per heavy atom. The van der Waals surface area contributed by atoms with Crippen LogP contribution in [-0.2, 0) is 11.3 Å². The second-order valence-corrected chi connectivity index (χ2v) is 6.14. The number of furan rings is 1. The first-order valence-electron chi connectivity index (χ1n) is 8.36. The van der Waals surface area contributed by atoms with Gasteiger partial charge < -0.3 is 9.73 Å². The van der Waals surface area contributed by atoms with Gasteiger partial charge in [-0.3, -0.25) is 14.9 Å². The Balaban J connectivity index is 1.31. The van der Waals surface area contributed by atoms with Crippen molar-refractivity contribution in [1.82, 2.24) is 36.3 Å². The van der Waals surface area contributed by atoms with Gasteiger partial charge in [-0.2, -0.15) is 5.10 Å². The van der Waals surface area contributed by atoms with Gasteiger partial charge in [0.25, 0.3) is 0 Å². The Kier molecular flexibility index (Phi) is 4.46. The van der Waals surface area contributed by atoms with E-state index in [-0.39, 0.29) is 24.5 Å². The molecule has 9 heteroatoms. The zero-order chi connectivity index (χ0) is 17.9. The van der Waals surface area contributed by atoms with E-state index in [0.717, 1.165) is 17.1 Å². The zero-order valence-electron chi connectivity index (χ0n) is 14.2. The molecule has 0 radical (unpaired) electrons. The summed E-state index contributed by atoms with van der Waals surface area (Å²) in [7, 11) is 0. The molecule has 0 spiro atoms. The van der Waals surface area contributed by atoms with E-state index in [4.69, 9.17) is 4.42 Å². The van der Waals surface area contributed by atoms with Gasteiger partial charge in [0, 0.05) is 18.0 Å². The van der Waals surface area contributed by atoms with Crippen LogP contribution in [0.15, 0.2) is 41.1 Å². The highest BCUT2D eigenvalue weighted by Crippen LogP contribution is 2.24. The summed E-state index contributed by atoms with van der Waals surface area (Å²) < 4.78 is 5.61. The number of carbonyl (C=O) groups is 1. The third-order valence-electron chi connectivity index (χ3n) is 4.22. The van der Waals surface area contributed by atoms with E-state index in [9.17, 15) is 4.79 Å². The van der Waals surface area contributed by atoms with Crippen LogP contribution < -0.4 is 16.2 Å². The molecule has 0 saturated carbocycles. The molecule has 134 valence electrons. The number of aromatic nitrogens is 4. The van der Waals surface area contributed by atoms with Gasteiger partial charge in [-0.1, -0.05) is 0 Å². The maximum atomic E-state index is 12.4. The lowest BCUT2D eigenvalue weighted by Crippen LogP contribution is -2.43. The summed E-state index contributed by atoms with van der Waals surface area (Å²) in [6, 6.07) is 7.13. The summed E-state index contributed by atoms with van der Waals surface area (Å²) in [5.74, 6) is 2.73. The number of nitrogens with zero attached hydrogens (tertiary/aromatic N) is 3. The molecule has 1 amide bonds. The molecule has 9 nitrogen and oxygen atoms in total. The molecule has 26 heavy (non-hydrogen) atoms. The lowest BCUT2D eigenvalue weighted by atomic mass is 10.1. The number of amides is 1. The number of carbonyl (C=O) groups excluding carboxylic acids is 1. The molecule has 1 fully saturated rings. The highest BCUT2D eigenvalue weighted by molar-refractivity contribution is 5.82. The van der Waals surface area contributed by atoms with Crippen molar-refractivity contribution in [2.75, 3.05) is 0 Å². The first-order chi connectivity index (χ1) is 12.7. The van der Waals surface area contributed by atoms with E-state index in [0.29, 0.717) is 18.1 Å². The number of rotatable bonds is 5. The van der Waals surface area contributed by atoms with Crippen LogP contribution in [0.1, 0.15) is 29.8 Å². The Morgan fingerprint density at radius 3 is 2.88 bits per heavy atom. The number of nitrogens with one attached hydrogen (secondary N) is 4. The minimum absolute atomic E-state index is 0.0250. The molecule has 1 saturated heterocycles. The summed E-state index contributed by atoms with van der Waals surface area (Å²) in [5, 5.41) is 9.87. The minimum Gasteiger partial charge on any atom is -0.465 e. The van der Waals surface area contributed by atoms with Crippen LogP contribution in [0.3, 0.4) is 0 Å². The molecule has 0 aliphatic carbocycles. The van der Waals surface area contributed by atoms with Gasteiger partial charge in [0.05, 0.1) is 12.6 Å². The molecule has 1 aliphatic heterocycles. The van der Waals surface area contributed by atoms with Crippen LogP contribution in [0, 0.1) is 6.92 Å². The Bertz CT molecular complexity index is 889. The van der Waals surface area contributed by atoms with Gasteiger partial charge in [-0.15, -0.1) is 0 Å². The second kappa shape index (κ2) is 7.06. The second-order valence-electron chi connectivity index (χ2n) is 6.14. The van der Waals surface area contributed by atoms with Crippen molar-refractivity contribution in [1.29, 1.82) is 0 Å². The highest BCUT2D eigenvalue weighted by atomic mass is 16.3. The van der Waals surface area contributed by atoms with Gasteiger partial charge in [-0.05, 0) is 37.6 Å². The Morgan fingerprint density at radius 1 is 1.27 bits per heavy atom. The summed E-state index contributed by atoms with van der Waals surface area (Å²) in [5.41, 5.74) is 6.97. The van der Waals surface area contributed by atoms with Gasteiger partial charge >= 0.3 is 0 Å². The lowest BCUT2D eigenvalue weighted by molar-refractivity contribution is -0.123. The number of hydrazine groups is 1. The molecule has 0 bridgehead atoms. The van der Waals surface area contributed by atoms with Crippen LogP contribution in [0.4, 0.5) is 0 Å². The van der Waals surface area contributed by atoms with Crippen molar-refractivity contribution in [3.63, 3.8) is 0 Å². The minimum atomic E-state index is -0.340. The third-order valence-corrected chi connectivity index (χ3v) is 4.22. The van der Waals surface area contributed by atoms with E-state index >= 15 is 0 Å². The average molecular weight is 353 g/mol. The highest BCUT2D eigenvalue weighted by Gasteiger charge is 2.31. The van der Waals surface area contributed by atoms with Crippen molar-refractivity contribution in [3.05, 3.63) is 54.0 Å². The van der Waals surface area contributed by atoms with E-state index in [1.807, 2.05) is 31.2 Å². The summed E-state index contributed by atoms with van der Waals surface area (Å²) in [6.07, 6.45) is 3.98. The van der Waals surface area contributed by atoms with E-state index in [1.165, 1.54) is 0 Å². The fraction of sp³-hybridized carbons (Fsp3) is 0.294. The fourth-order valence-electron chi connectivity index (χ4n) is 2.85. The summed E-state index contributed by atoms with van der Waals surface area (Å²) in [4.78, 5) is 20.7. The van der Waals surface area contributed by atoms with Crippen molar-refractivity contribution in [3.8, 4) is 11.4 Å². The van der Waals surface area contributed by atoms with Crippen LogP contribution in [-0.4, -0.2) is 32.1 Å². The molecule has 3 aromatic heterocycles. The van der Waals surface area contributed by atoms with Gasteiger partial charge in [0.2, 0.25) is 5.91 Å². The van der Waals surface area contributed by atoms with E-state index < -0.39 is 0 Å². The first kappa shape index (κ1) is 16.4. The van der Waals surface area contributed by atoms with Gasteiger partial charge in [0.15, 0.2) is 5.82 Å². The molecule has 1 aliphatic rings. The summed E-state index contributed by atoms with van der Waals surface area (Å²) >= 11 is 0. The van der Waals surface area contributed by atoms with Gasteiger partial charge in [0.1, 0.15) is 23.4 Å². The molecule has 4 rings (SSSR count). The molecule has 3 aromatic rings. The maximum absolute atomic E-state index is 12.4. The standard InChI is InChI=1S/C17H19N7O2/c1-10-2-3-14(26-10)12-8-13(22-21-12)17(25)19-9-15-20-16(24-23-15)11-4-6-18-7-5-11/h2-7,12-13,21-22H,8-9H2,1H3,(H,19,25)(H,20,23,24). The van der Waals surface area contributed by atoms with Crippen LogP contribution in [0.5, 0.6) is 0 Å². The number of hydrogen-bond acceptors (Lipinski definition) is 7. The monoisotopic (exact) mass is 353 g/mol.